The van der Waals surface area contributed by atoms with Crippen LogP contribution in [0.15, 0.2) is 18.2 Å². The van der Waals surface area contributed by atoms with Crippen LogP contribution in [0.5, 0.6) is 5.75 Å². The van der Waals surface area contributed by atoms with Gasteiger partial charge in [0.1, 0.15) is 5.75 Å². The first kappa shape index (κ1) is 19.1. The number of rotatable bonds is 6. The third kappa shape index (κ3) is 6.03. The third-order valence-electron chi connectivity index (χ3n) is 3.94. The molecule has 0 radical (unpaired) electrons. The van der Waals surface area contributed by atoms with Crippen LogP contribution in [0.4, 0.5) is 0 Å². The lowest BCUT2D eigenvalue weighted by Gasteiger charge is -2.22. The van der Waals surface area contributed by atoms with Crippen LogP contribution in [0.25, 0.3) is 0 Å². The van der Waals surface area contributed by atoms with Gasteiger partial charge in [0.25, 0.3) is 0 Å². The van der Waals surface area contributed by atoms with E-state index in [4.69, 9.17) is 16.3 Å². The lowest BCUT2D eigenvalue weighted by Crippen LogP contribution is -2.29. The highest BCUT2D eigenvalue weighted by Crippen LogP contribution is 2.24. The molecule has 0 aromatic heterocycles. The summed E-state index contributed by atoms with van der Waals surface area (Å²) >= 11 is 6.06. The fraction of sp³-hybridized carbons (Fsp3) is 0.562. The highest BCUT2D eigenvalue weighted by atomic mass is 35.5. The first-order valence-corrected chi connectivity index (χ1v) is 7.86. The average molecular weight is 347 g/mol. The van der Waals surface area contributed by atoms with Gasteiger partial charge in [-0.05, 0) is 56.0 Å². The van der Waals surface area contributed by atoms with Crippen LogP contribution in [0.2, 0.25) is 5.02 Å². The number of carbonyl (C=O) groups is 1. The summed E-state index contributed by atoms with van der Waals surface area (Å²) in [7, 11) is 1.59. The number of benzene rings is 1. The predicted octanol–water partition coefficient (Wildman–Crippen LogP) is 3.17. The zero-order chi connectivity index (χ0) is 15.1. The molecule has 4 nitrogen and oxygen atoms in total. The molecule has 0 aliphatic carbocycles. The monoisotopic (exact) mass is 346 g/mol. The zero-order valence-electron chi connectivity index (χ0n) is 12.9. The van der Waals surface area contributed by atoms with Gasteiger partial charge in [0.15, 0.2) is 0 Å². The van der Waals surface area contributed by atoms with E-state index in [0.29, 0.717) is 29.7 Å². The number of methoxy groups -OCH3 is 1. The van der Waals surface area contributed by atoms with E-state index in [-0.39, 0.29) is 18.3 Å². The quantitative estimate of drug-likeness (QED) is 0.831. The molecular formula is C16H24Cl2N2O2. The normalized spacial score (nSPS) is 15.0. The van der Waals surface area contributed by atoms with Crippen molar-refractivity contribution in [3.05, 3.63) is 28.8 Å². The molecule has 0 bridgehead atoms. The first-order valence-electron chi connectivity index (χ1n) is 7.49. The summed E-state index contributed by atoms with van der Waals surface area (Å²) in [5, 5.41) is 6.86. The Bertz CT molecular complexity index is 477. The molecule has 124 valence electrons. The Morgan fingerprint density at radius 2 is 2.14 bits per heavy atom. The fourth-order valence-electron chi connectivity index (χ4n) is 2.61. The molecule has 1 heterocycles. The van der Waals surface area contributed by atoms with E-state index in [2.05, 4.69) is 10.6 Å². The molecule has 1 saturated heterocycles. The van der Waals surface area contributed by atoms with Crippen molar-refractivity contribution >= 4 is 29.9 Å². The predicted molar refractivity (Wildman–Crippen MR) is 91.9 cm³/mol. The molecule has 1 aliphatic rings. The second kappa shape index (κ2) is 9.93. The van der Waals surface area contributed by atoms with Crippen molar-refractivity contribution in [2.75, 3.05) is 20.2 Å². The molecule has 0 spiro atoms. The Kier molecular flexibility index (Phi) is 8.61. The van der Waals surface area contributed by atoms with Crippen LogP contribution < -0.4 is 15.4 Å². The number of piperidine rings is 1. The topological polar surface area (TPSA) is 50.4 Å². The molecule has 1 aromatic carbocycles. The molecule has 1 fully saturated rings. The Hall–Kier alpha value is -0.970. The molecule has 1 aliphatic heterocycles. The van der Waals surface area contributed by atoms with Crippen molar-refractivity contribution in [3.8, 4) is 5.75 Å². The summed E-state index contributed by atoms with van der Waals surface area (Å²) < 4.78 is 5.11. The highest BCUT2D eigenvalue weighted by molar-refractivity contribution is 6.32. The van der Waals surface area contributed by atoms with E-state index in [9.17, 15) is 4.79 Å². The summed E-state index contributed by atoms with van der Waals surface area (Å²) in [6.45, 7) is 2.67. The second-order valence-electron chi connectivity index (χ2n) is 5.48. The van der Waals surface area contributed by atoms with Gasteiger partial charge < -0.3 is 15.4 Å². The molecule has 0 unspecified atom stereocenters. The van der Waals surface area contributed by atoms with Gasteiger partial charge in [0.05, 0.1) is 12.1 Å². The smallest absolute Gasteiger partial charge is 0.220 e. The van der Waals surface area contributed by atoms with Crippen LogP contribution in [0.1, 0.15) is 31.2 Å². The molecule has 22 heavy (non-hydrogen) atoms. The maximum Gasteiger partial charge on any atom is 0.220 e. The van der Waals surface area contributed by atoms with E-state index >= 15 is 0 Å². The summed E-state index contributed by atoms with van der Waals surface area (Å²) in [5.74, 6) is 1.45. The maximum absolute atomic E-state index is 11.9. The van der Waals surface area contributed by atoms with Crippen molar-refractivity contribution in [3.63, 3.8) is 0 Å². The van der Waals surface area contributed by atoms with Gasteiger partial charge in [-0.2, -0.15) is 0 Å². The largest absolute Gasteiger partial charge is 0.495 e. The average Bonchev–Trinajstić information content (AvgIpc) is 2.52. The van der Waals surface area contributed by atoms with Crippen molar-refractivity contribution < 1.29 is 9.53 Å². The van der Waals surface area contributed by atoms with Gasteiger partial charge in [-0.3, -0.25) is 4.79 Å². The number of halogens is 2. The minimum atomic E-state index is 0. The summed E-state index contributed by atoms with van der Waals surface area (Å²) in [6.07, 6.45) is 3.95. The number of ether oxygens (including phenoxy) is 1. The lowest BCUT2D eigenvalue weighted by molar-refractivity contribution is -0.121. The number of carbonyl (C=O) groups excluding carboxylic acids is 1. The zero-order valence-corrected chi connectivity index (χ0v) is 14.4. The SMILES string of the molecule is COc1ccc(CNC(=O)CCC2CCNCC2)cc1Cl.Cl. The van der Waals surface area contributed by atoms with Crippen LogP contribution in [0.3, 0.4) is 0 Å². The molecular weight excluding hydrogens is 323 g/mol. The Morgan fingerprint density at radius 3 is 2.77 bits per heavy atom. The number of nitrogens with one attached hydrogen (secondary N) is 2. The van der Waals surface area contributed by atoms with Crippen LogP contribution in [0, 0.1) is 5.92 Å². The van der Waals surface area contributed by atoms with Gasteiger partial charge in [-0.15, -0.1) is 12.4 Å². The van der Waals surface area contributed by atoms with Crippen LogP contribution in [-0.2, 0) is 11.3 Å². The highest BCUT2D eigenvalue weighted by Gasteiger charge is 2.14. The van der Waals surface area contributed by atoms with Gasteiger partial charge >= 0.3 is 0 Å². The van der Waals surface area contributed by atoms with Gasteiger partial charge in [-0.1, -0.05) is 17.7 Å². The second-order valence-corrected chi connectivity index (χ2v) is 5.88. The van der Waals surface area contributed by atoms with Crippen molar-refractivity contribution in [2.45, 2.75) is 32.2 Å². The van der Waals surface area contributed by atoms with Crippen LogP contribution >= 0.6 is 24.0 Å². The van der Waals surface area contributed by atoms with Gasteiger partial charge in [0.2, 0.25) is 5.91 Å². The summed E-state index contributed by atoms with van der Waals surface area (Å²) in [4.78, 5) is 11.9. The van der Waals surface area contributed by atoms with Crippen LogP contribution in [-0.4, -0.2) is 26.1 Å². The van der Waals surface area contributed by atoms with Gasteiger partial charge in [-0.25, -0.2) is 0 Å². The molecule has 0 atom stereocenters. The minimum Gasteiger partial charge on any atom is -0.495 e. The number of hydrogen-bond donors (Lipinski definition) is 2. The van der Waals surface area contributed by atoms with E-state index in [1.54, 1.807) is 7.11 Å². The Balaban J connectivity index is 0.00000242. The molecule has 2 N–H and O–H groups in total. The number of amides is 1. The van der Waals surface area contributed by atoms with Crippen molar-refractivity contribution in [2.24, 2.45) is 5.92 Å². The van der Waals surface area contributed by atoms with E-state index in [1.165, 1.54) is 12.8 Å². The first-order chi connectivity index (χ1) is 10.2. The van der Waals surface area contributed by atoms with E-state index < -0.39 is 0 Å². The van der Waals surface area contributed by atoms with Crippen molar-refractivity contribution in [1.82, 2.24) is 10.6 Å². The Morgan fingerprint density at radius 1 is 1.41 bits per heavy atom. The maximum atomic E-state index is 11.9. The molecule has 0 saturated carbocycles. The Labute approximate surface area is 143 Å². The molecule has 2 rings (SSSR count). The van der Waals surface area contributed by atoms with Crippen molar-refractivity contribution in [1.29, 1.82) is 0 Å². The summed E-state index contributed by atoms with van der Waals surface area (Å²) in [5.41, 5.74) is 0.982. The van der Waals surface area contributed by atoms with E-state index in [1.807, 2.05) is 18.2 Å². The number of hydrogen-bond acceptors (Lipinski definition) is 3. The third-order valence-corrected chi connectivity index (χ3v) is 4.24. The lowest BCUT2D eigenvalue weighted by atomic mass is 9.93. The van der Waals surface area contributed by atoms with E-state index in [0.717, 1.165) is 25.1 Å². The molecule has 6 heteroatoms. The summed E-state index contributed by atoms with van der Waals surface area (Å²) in [6, 6.07) is 5.56. The fourth-order valence-corrected chi connectivity index (χ4v) is 2.89. The molecule has 1 aromatic rings. The van der Waals surface area contributed by atoms with Gasteiger partial charge in [0, 0.05) is 13.0 Å². The minimum absolute atomic E-state index is 0. The molecule has 1 amide bonds. The standard InChI is InChI=1S/C16H23ClN2O2.ClH/c1-21-15-4-2-13(10-14(15)17)11-19-16(20)5-3-12-6-8-18-9-7-12;/h2,4,10,12,18H,3,5-9,11H2,1H3,(H,19,20);1H.